The van der Waals surface area contributed by atoms with Crippen molar-refractivity contribution in [2.45, 2.75) is 38.6 Å². The summed E-state index contributed by atoms with van der Waals surface area (Å²) in [5, 5.41) is 13.3. The summed E-state index contributed by atoms with van der Waals surface area (Å²) < 4.78 is 0. The molecule has 2 heterocycles. The van der Waals surface area contributed by atoms with Crippen LogP contribution in [0.15, 0.2) is 37.2 Å². The number of H-pyrrole nitrogens is 1. The van der Waals surface area contributed by atoms with Gasteiger partial charge in [-0.3, -0.25) is 5.41 Å². The molecule has 27 heavy (non-hydrogen) atoms. The highest BCUT2D eigenvalue weighted by Crippen LogP contribution is 2.28. The number of aromatic nitrogens is 3. The fourth-order valence-electron chi connectivity index (χ4n) is 3.68. The van der Waals surface area contributed by atoms with Crippen molar-refractivity contribution in [1.82, 2.24) is 15.0 Å². The Hall–Kier alpha value is -3.15. The second-order valence-corrected chi connectivity index (χ2v) is 7.25. The molecule has 1 saturated carbocycles. The monoisotopic (exact) mass is 360 g/mol. The van der Waals surface area contributed by atoms with E-state index in [2.05, 4.69) is 32.9 Å². The summed E-state index contributed by atoms with van der Waals surface area (Å²) in [7, 11) is 0. The summed E-state index contributed by atoms with van der Waals surface area (Å²) in [5.74, 6) is 0.956. The third kappa shape index (κ3) is 3.30. The van der Waals surface area contributed by atoms with Crippen LogP contribution in [0, 0.1) is 5.41 Å². The van der Waals surface area contributed by atoms with Gasteiger partial charge in [-0.2, -0.15) is 0 Å². The van der Waals surface area contributed by atoms with E-state index in [1.54, 1.807) is 0 Å². The molecule has 6 heteroatoms. The molecule has 0 aliphatic heterocycles. The first-order valence-electron chi connectivity index (χ1n) is 9.28. The first kappa shape index (κ1) is 17.3. The van der Waals surface area contributed by atoms with E-state index in [1.165, 1.54) is 19.2 Å². The number of benzene rings is 1. The molecule has 4 rings (SSSR count). The maximum absolute atomic E-state index is 8.75. The highest BCUT2D eigenvalue weighted by Gasteiger charge is 2.21. The van der Waals surface area contributed by atoms with E-state index >= 15 is 0 Å². The Morgan fingerprint density at radius 2 is 2.04 bits per heavy atom. The molecule has 3 aromatic rings. The van der Waals surface area contributed by atoms with Crippen molar-refractivity contribution < 1.29 is 0 Å². The molecule has 2 aromatic heterocycles. The van der Waals surface area contributed by atoms with Crippen molar-refractivity contribution in [3.8, 4) is 0 Å². The first-order chi connectivity index (χ1) is 13.0. The predicted molar refractivity (Wildman–Crippen MR) is 111 cm³/mol. The van der Waals surface area contributed by atoms with E-state index < -0.39 is 0 Å². The lowest BCUT2D eigenvalue weighted by molar-refractivity contribution is 0.749. The minimum absolute atomic E-state index is 0.293. The Morgan fingerprint density at radius 3 is 2.78 bits per heavy atom. The molecule has 0 amide bonds. The number of aromatic amines is 1. The highest BCUT2D eigenvalue weighted by atomic mass is 15.1. The van der Waals surface area contributed by atoms with E-state index in [4.69, 9.17) is 11.1 Å². The number of nitrogens with one attached hydrogen (secondary N) is 3. The van der Waals surface area contributed by atoms with Crippen molar-refractivity contribution in [2.24, 2.45) is 0 Å². The quantitative estimate of drug-likeness (QED) is 0.508. The lowest BCUT2D eigenvalue weighted by Gasteiger charge is -2.17. The van der Waals surface area contributed by atoms with Gasteiger partial charge in [-0.05, 0) is 37.5 Å². The number of rotatable bonds is 5. The average molecular weight is 360 g/mol. The molecule has 0 saturated heterocycles. The second kappa shape index (κ2) is 6.87. The normalized spacial score (nSPS) is 14.6. The molecule has 1 fully saturated rings. The molecule has 0 atom stereocenters. The van der Waals surface area contributed by atoms with Crippen LogP contribution in [0.25, 0.3) is 16.5 Å². The van der Waals surface area contributed by atoms with Gasteiger partial charge in [-0.15, -0.1) is 0 Å². The number of allylic oxidation sites excluding steroid dienone is 1. The van der Waals surface area contributed by atoms with Crippen LogP contribution in [0.4, 0.5) is 11.6 Å². The van der Waals surface area contributed by atoms with Crippen LogP contribution in [0.2, 0.25) is 0 Å². The van der Waals surface area contributed by atoms with Crippen molar-refractivity contribution in [1.29, 1.82) is 5.41 Å². The Kier molecular flexibility index (Phi) is 4.39. The molecule has 0 radical (unpaired) electrons. The Morgan fingerprint density at radius 1 is 1.26 bits per heavy atom. The van der Waals surface area contributed by atoms with Gasteiger partial charge in [0.1, 0.15) is 18.0 Å². The zero-order chi connectivity index (χ0) is 19.0. The van der Waals surface area contributed by atoms with Crippen molar-refractivity contribution in [3.63, 3.8) is 0 Å². The van der Waals surface area contributed by atoms with Gasteiger partial charge in [0.15, 0.2) is 0 Å². The maximum atomic E-state index is 8.75. The fraction of sp³-hybridized carbons (Fsp3) is 0.286. The van der Waals surface area contributed by atoms with E-state index in [0.29, 0.717) is 34.6 Å². The molecule has 0 unspecified atom stereocenters. The number of nitrogen functional groups attached to an aromatic ring is 1. The number of hydrogen-bond donors (Lipinski definition) is 4. The van der Waals surface area contributed by atoms with E-state index in [9.17, 15) is 0 Å². The summed E-state index contributed by atoms with van der Waals surface area (Å²) in [6.45, 7) is 5.98. The van der Waals surface area contributed by atoms with Gasteiger partial charge in [0.25, 0.3) is 0 Å². The molecule has 1 aliphatic carbocycles. The molecule has 0 bridgehead atoms. The van der Waals surface area contributed by atoms with Gasteiger partial charge in [-0.1, -0.05) is 37.1 Å². The summed E-state index contributed by atoms with van der Waals surface area (Å²) in [4.78, 5) is 11.8. The molecular formula is C21H24N6. The predicted octanol–water partition coefficient (Wildman–Crippen LogP) is 4.34. The van der Waals surface area contributed by atoms with Crippen LogP contribution in [0.3, 0.4) is 0 Å². The molecule has 5 N–H and O–H groups in total. The van der Waals surface area contributed by atoms with Crippen molar-refractivity contribution in [3.05, 3.63) is 54.0 Å². The molecule has 138 valence electrons. The van der Waals surface area contributed by atoms with Crippen LogP contribution in [-0.2, 0) is 0 Å². The fourth-order valence-corrected chi connectivity index (χ4v) is 3.68. The van der Waals surface area contributed by atoms with E-state index in [-0.39, 0.29) is 0 Å². The summed E-state index contributed by atoms with van der Waals surface area (Å²) in [5.41, 5.74) is 10.7. The summed E-state index contributed by atoms with van der Waals surface area (Å²) in [6.07, 6.45) is 6.13. The van der Waals surface area contributed by atoms with Crippen molar-refractivity contribution in [2.75, 3.05) is 11.1 Å². The van der Waals surface area contributed by atoms with Crippen LogP contribution < -0.4 is 11.1 Å². The van der Waals surface area contributed by atoms with Gasteiger partial charge < -0.3 is 16.0 Å². The third-order valence-corrected chi connectivity index (χ3v) is 5.21. The molecule has 0 spiro atoms. The first-order valence-corrected chi connectivity index (χ1v) is 9.28. The molecule has 6 nitrogen and oxygen atoms in total. The number of hydrogen-bond acceptors (Lipinski definition) is 5. The number of fused-ring (bicyclic) bond motifs is 1. The lowest BCUT2D eigenvalue weighted by atomic mass is 10.1. The van der Waals surface area contributed by atoms with Gasteiger partial charge in [-0.25, -0.2) is 9.97 Å². The number of anilines is 2. The molecule has 1 aliphatic rings. The highest BCUT2D eigenvalue weighted by molar-refractivity contribution is 6.16. The number of nitrogens with zero attached hydrogens (tertiary/aromatic N) is 2. The zero-order valence-electron chi connectivity index (χ0n) is 15.5. The van der Waals surface area contributed by atoms with Gasteiger partial charge in [0.05, 0.1) is 17.0 Å². The topological polar surface area (TPSA) is 103 Å². The second-order valence-electron chi connectivity index (χ2n) is 7.25. The van der Waals surface area contributed by atoms with E-state index in [1.807, 2.05) is 25.1 Å². The smallest absolute Gasteiger partial charge is 0.141 e. The van der Waals surface area contributed by atoms with Crippen LogP contribution in [-0.4, -0.2) is 26.7 Å². The standard InChI is InChI=1S/C21H24N6/c1-12(2)13-7-8-14-10-17(27-16(14)9-13)19(22)18-20(23)24-11-25-21(18)26-15-5-3-4-6-15/h7-11,15,22,27H,1,3-6H2,2H3,(H3,23,24,25,26). The minimum atomic E-state index is 0.293. The largest absolute Gasteiger partial charge is 0.383 e. The van der Waals surface area contributed by atoms with E-state index in [0.717, 1.165) is 34.9 Å². The van der Waals surface area contributed by atoms with Crippen LogP contribution >= 0.6 is 0 Å². The Bertz CT molecular complexity index is 1030. The van der Waals surface area contributed by atoms with Gasteiger partial charge in [0.2, 0.25) is 0 Å². The molecule has 1 aromatic carbocycles. The summed E-state index contributed by atoms with van der Waals surface area (Å²) >= 11 is 0. The van der Waals surface area contributed by atoms with Gasteiger partial charge in [0, 0.05) is 16.9 Å². The zero-order valence-corrected chi connectivity index (χ0v) is 15.5. The average Bonchev–Trinajstić information content (AvgIpc) is 3.30. The molecular weight excluding hydrogens is 336 g/mol. The number of nitrogens with two attached hydrogens (primary N) is 1. The lowest BCUT2D eigenvalue weighted by Crippen LogP contribution is -2.20. The van der Waals surface area contributed by atoms with Crippen LogP contribution in [0.1, 0.15) is 49.4 Å². The minimum Gasteiger partial charge on any atom is -0.383 e. The SMILES string of the molecule is C=C(C)c1ccc2cc(C(=N)c3c(N)ncnc3NC3CCCC3)[nH]c2c1. The Balaban J connectivity index is 1.72. The van der Waals surface area contributed by atoms with Crippen molar-refractivity contribution >= 4 is 33.8 Å². The maximum Gasteiger partial charge on any atom is 0.141 e. The Labute approximate surface area is 158 Å². The third-order valence-electron chi connectivity index (χ3n) is 5.21. The van der Waals surface area contributed by atoms with Gasteiger partial charge >= 0.3 is 0 Å². The van der Waals surface area contributed by atoms with Crippen LogP contribution in [0.5, 0.6) is 0 Å². The summed E-state index contributed by atoms with van der Waals surface area (Å²) in [6, 6.07) is 8.48.